The van der Waals surface area contributed by atoms with E-state index in [0.717, 1.165) is 0 Å². The van der Waals surface area contributed by atoms with Gasteiger partial charge in [-0.25, -0.2) is 8.42 Å². The molecule has 0 aromatic heterocycles. The summed E-state index contributed by atoms with van der Waals surface area (Å²) >= 11 is 0. The molecule has 0 amide bonds. The lowest BCUT2D eigenvalue weighted by molar-refractivity contribution is 0.0783. The molecule has 0 rings (SSSR count). The molecular formula is C11H24NO6S-. The lowest BCUT2D eigenvalue weighted by Gasteiger charge is -2.32. The zero-order valence-corrected chi connectivity index (χ0v) is 12.2. The molecule has 116 valence electrons. The van der Waals surface area contributed by atoms with Crippen molar-refractivity contribution >= 4 is 10.1 Å². The highest BCUT2D eigenvalue weighted by atomic mass is 32.2. The van der Waals surface area contributed by atoms with Crippen LogP contribution in [0.5, 0.6) is 0 Å². The highest BCUT2D eigenvalue weighted by Gasteiger charge is 2.21. The summed E-state index contributed by atoms with van der Waals surface area (Å²) in [6.45, 7) is 4.07. The van der Waals surface area contributed by atoms with Crippen LogP contribution in [0.1, 0.15) is 26.7 Å². The minimum absolute atomic E-state index is 0.126. The number of hydrogen-bond donors (Lipinski definition) is 3. The Hall–Kier alpha value is -0.250. The van der Waals surface area contributed by atoms with Crippen molar-refractivity contribution in [2.45, 2.75) is 38.2 Å². The molecule has 8 heteroatoms. The second kappa shape index (κ2) is 8.83. The maximum atomic E-state index is 10.6. The van der Waals surface area contributed by atoms with Crippen LogP contribution in [0.15, 0.2) is 0 Å². The van der Waals surface area contributed by atoms with Crippen LogP contribution in [-0.4, -0.2) is 71.0 Å². The summed E-state index contributed by atoms with van der Waals surface area (Å²) < 4.78 is 31.8. The standard InChI is InChI=1S/C11H25NO6S/c1-9(2)7-10(8-14)12(5-6-13)4-3-11(15)19(16,17)18/h9-11,13-15H,3-8H2,1-2H3,(H,16,17,18)/p-1. The van der Waals surface area contributed by atoms with E-state index in [2.05, 4.69) is 0 Å². The molecule has 7 nitrogen and oxygen atoms in total. The topological polar surface area (TPSA) is 121 Å². The van der Waals surface area contributed by atoms with Gasteiger partial charge in [-0.15, -0.1) is 0 Å². The first kappa shape index (κ1) is 18.8. The molecule has 0 aliphatic heterocycles. The lowest BCUT2D eigenvalue weighted by atomic mass is 10.0. The summed E-state index contributed by atoms with van der Waals surface area (Å²) in [7, 11) is -4.72. The Kier molecular flexibility index (Phi) is 8.71. The highest BCUT2D eigenvalue weighted by molar-refractivity contribution is 7.86. The minimum atomic E-state index is -4.72. The van der Waals surface area contributed by atoms with E-state index in [1.165, 1.54) is 0 Å². The van der Waals surface area contributed by atoms with Crippen molar-refractivity contribution in [1.29, 1.82) is 0 Å². The average molecular weight is 298 g/mol. The van der Waals surface area contributed by atoms with Gasteiger partial charge in [0, 0.05) is 19.1 Å². The fourth-order valence-electron chi connectivity index (χ4n) is 1.91. The number of aliphatic hydroxyl groups is 3. The molecular weight excluding hydrogens is 274 g/mol. The van der Waals surface area contributed by atoms with Gasteiger partial charge < -0.3 is 19.9 Å². The van der Waals surface area contributed by atoms with E-state index >= 15 is 0 Å². The molecule has 0 bridgehead atoms. The molecule has 0 spiro atoms. The summed E-state index contributed by atoms with van der Waals surface area (Å²) in [6.07, 6.45) is 0.442. The summed E-state index contributed by atoms with van der Waals surface area (Å²) in [5.74, 6) is 0.325. The number of nitrogens with zero attached hydrogens (tertiary/aromatic N) is 1. The molecule has 0 saturated carbocycles. The van der Waals surface area contributed by atoms with Gasteiger partial charge in [-0.3, -0.25) is 4.90 Å². The van der Waals surface area contributed by atoms with Crippen molar-refractivity contribution in [3.05, 3.63) is 0 Å². The zero-order valence-electron chi connectivity index (χ0n) is 11.4. The molecule has 0 aromatic carbocycles. The van der Waals surface area contributed by atoms with E-state index in [4.69, 9.17) is 5.11 Å². The third-order valence-corrected chi connectivity index (χ3v) is 3.76. The number of aliphatic hydroxyl groups excluding tert-OH is 3. The van der Waals surface area contributed by atoms with E-state index in [0.29, 0.717) is 12.3 Å². The van der Waals surface area contributed by atoms with Crippen LogP contribution in [0.25, 0.3) is 0 Å². The predicted octanol–water partition coefficient (Wildman–Crippen LogP) is -1.06. The molecule has 2 unspecified atom stereocenters. The maximum Gasteiger partial charge on any atom is 0.144 e. The smallest absolute Gasteiger partial charge is 0.144 e. The van der Waals surface area contributed by atoms with Crippen molar-refractivity contribution in [3.8, 4) is 0 Å². The Morgan fingerprint density at radius 1 is 1.21 bits per heavy atom. The monoisotopic (exact) mass is 298 g/mol. The molecule has 0 fully saturated rings. The Bertz CT molecular complexity index is 332. The second-order valence-electron chi connectivity index (χ2n) is 4.96. The molecule has 0 radical (unpaired) electrons. The van der Waals surface area contributed by atoms with Crippen LogP contribution < -0.4 is 0 Å². The largest absolute Gasteiger partial charge is 0.746 e. The quantitative estimate of drug-likeness (QED) is 0.440. The minimum Gasteiger partial charge on any atom is -0.746 e. The molecule has 3 N–H and O–H groups in total. The summed E-state index contributed by atoms with van der Waals surface area (Å²) in [6, 6.07) is -0.228. The first-order valence-corrected chi connectivity index (χ1v) is 7.78. The normalized spacial score (nSPS) is 16.0. The zero-order chi connectivity index (χ0) is 15.1. The van der Waals surface area contributed by atoms with Crippen LogP contribution in [-0.2, 0) is 10.1 Å². The second-order valence-corrected chi connectivity index (χ2v) is 6.49. The highest BCUT2D eigenvalue weighted by Crippen LogP contribution is 2.13. The number of hydrogen-bond acceptors (Lipinski definition) is 7. The van der Waals surface area contributed by atoms with E-state index in [-0.39, 0.29) is 38.8 Å². The van der Waals surface area contributed by atoms with E-state index in [9.17, 15) is 23.2 Å². The third-order valence-electron chi connectivity index (χ3n) is 2.85. The van der Waals surface area contributed by atoms with Crippen molar-refractivity contribution < 1.29 is 28.3 Å². The van der Waals surface area contributed by atoms with Crippen molar-refractivity contribution in [3.63, 3.8) is 0 Å². The Morgan fingerprint density at radius 2 is 1.79 bits per heavy atom. The first-order valence-electron chi connectivity index (χ1n) is 6.30. The fraction of sp³-hybridized carbons (Fsp3) is 1.00. The Morgan fingerprint density at radius 3 is 2.16 bits per heavy atom. The third kappa shape index (κ3) is 7.81. The molecule has 0 aliphatic carbocycles. The molecule has 0 heterocycles. The summed E-state index contributed by atoms with van der Waals surface area (Å²) in [5, 5.41) is 27.5. The van der Waals surface area contributed by atoms with Gasteiger partial charge in [-0.2, -0.15) is 0 Å². The van der Waals surface area contributed by atoms with Gasteiger partial charge >= 0.3 is 0 Å². The van der Waals surface area contributed by atoms with Crippen LogP contribution >= 0.6 is 0 Å². The van der Waals surface area contributed by atoms with Crippen LogP contribution in [0.3, 0.4) is 0 Å². The van der Waals surface area contributed by atoms with Crippen molar-refractivity contribution in [1.82, 2.24) is 4.90 Å². The van der Waals surface area contributed by atoms with Crippen LogP contribution in [0.2, 0.25) is 0 Å². The molecule has 2 atom stereocenters. The van der Waals surface area contributed by atoms with E-state index in [1.807, 2.05) is 13.8 Å². The van der Waals surface area contributed by atoms with Crippen LogP contribution in [0.4, 0.5) is 0 Å². The molecule has 19 heavy (non-hydrogen) atoms. The van der Waals surface area contributed by atoms with Crippen LogP contribution in [0, 0.1) is 5.92 Å². The van der Waals surface area contributed by atoms with Gasteiger partial charge in [0.2, 0.25) is 0 Å². The summed E-state index contributed by atoms with van der Waals surface area (Å²) in [4.78, 5) is 1.69. The van der Waals surface area contributed by atoms with Gasteiger partial charge in [0.15, 0.2) is 0 Å². The van der Waals surface area contributed by atoms with Gasteiger partial charge in [-0.05, 0) is 18.8 Å². The Balaban J connectivity index is 4.54. The van der Waals surface area contributed by atoms with Crippen molar-refractivity contribution in [2.24, 2.45) is 5.92 Å². The van der Waals surface area contributed by atoms with Crippen molar-refractivity contribution in [2.75, 3.05) is 26.3 Å². The van der Waals surface area contributed by atoms with Gasteiger partial charge in [0.05, 0.1) is 13.2 Å². The fourth-order valence-corrected chi connectivity index (χ4v) is 2.30. The first-order chi connectivity index (χ1) is 8.72. The molecule has 0 aromatic rings. The van der Waals surface area contributed by atoms with Gasteiger partial charge in [-0.1, -0.05) is 13.8 Å². The molecule has 0 aliphatic rings. The predicted molar refractivity (Wildman–Crippen MR) is 69.3 cm³/mol. The van der Waals surface area contributed by atoms with Gasteiger partial charge in [0.1, 0.15) is 15.6 Å². The van der Waals surface area contributed by atoms with E-state index < -0.39 is 15.6 Å². The van der Waals surface area contributed by atoms with Gasteiger partial charge in [0.25, 0.3) is 0 Å². The van der Waals surface area contributed by atoms with E-state index in [1.54, 1.807) is 4.90 Å². The molecule has 0 saturated heterocycles. The average Bonchev–Trinajstić information content (AvgIpc) is 2.29. The Labute approximate surface area is 114 Å². The maximum absolute atomic E-state index is 10.6. The summed E-state index contributed by atoms with van der Waals surface area (Å²) in [5.41, 5.74) is -1.95. The number of rotatable bonds is 10. The lowest BCUT2D eigenvalue weighted by Crippen LogP contribution is -2.42. The SMILES string of the molecule is CC(C)CC(CO)N(CCO)CCC(O)S(=O)(=O)[O-].